The lowest BCUT2D eigenvalue weighted by Gasteiger charge is -2.23. The Morgan fingerprint density at radius 2 is 1.82 bits per heavy atom. The van der Waals surface area contributed by atoms with Gasteiger partial charge in [0.1, 0.15) is 5.58 Å². The predicted molar refractivity (Wildman–Crippen MR) is 146 cm³/mol. The molecule has 3 aromatic carbocycles. The van der Waals surface area contributed by atoms with Crippen LogP contribution in [0.4, 0.5) is 5.13 Å². The fourth-order valence-electron chi connectivity index (χ4n) is 4.81. The summed E-state index contributed by atoms with van der Waals surface area (Å²) >= 11 is 1.23. The maximum absolute atomic E-state index is 13.9. The van der Waals surface area contributed by atoms with E-state index in [1.54, 1.807) is 67.6 Å². The summed E-state index contributed by atoms with van der Waals surface area (Å²) in [5, 5.41) is 0.727. The molecular weight excluding hydrogens is 520 g/mol. The van der Waals surface area contributed by atoms with E-state index in [9.17, 15) is 14.4 Å². The third kappa shape index (κ3) is 3.91. The highest BCUT2D eigenvalue weighted by atomic mass is 32.1. The van der Waals surface area contributed by atoms with Crippen LogP contribution >= 0.6 is 11.3 Å². The van der Waals surface area contributed by atoms with Crippen molar-refractivity contribution < 1.29 is 28.2 Å². The highest BCUT2D eigenvalue weighted by Gasteiger charge is 2.45. The number of methoxy groups -OCH3 is 2. The van der Waals surface area contributed by atoms with Crippen molar-refractivity contribution in [2.45, 2.75) is 13.0 Å². The van der Waals surface area contributed by atoms with Gasteiger partial charge in [0.05, 0.1) is 53.6 Å². The smallest absolute Gasteiger partial charge is 0.338 e. The fourth-order valence-corrected chi connectivity index (χ4v) is 5.84. The topological polar surface area (TPSA) is 108 Å². The number of rotatable bonds is 6. The molecule has 0 N–H and O–H groups in total. The number of nitrogens with zero attached hydrogens (tertiary/aromatic N) is 2. The molecule has 0 fully saturated rings. The number of ether oxygens (including phenoxy) is 3. The molecule has 10 heteroatoms. The van der Waals surface area contributed by atoms with E-state index < -0.39 is 17.9 Å². The van der Waals surface area contributed by atoms with Crippen LogP contribution in [0.15, 0.2) is 69.9 Å². The average Bonchev–Trinajstić information content (AvgIpc) is 3.51. The van der Waals surface area contributed by atoms with Crippen molar-refractivity contribution in [3.05, 3.63) is 93.3 Å². The molecule has 9 nitrogen and oxygen atoms in total. The van der Waals surface area contributed by atoms with E-state index in [1.165, 1.54) is 30.5 Å². The molecule has 196 valence electrons. The summed E-state index contributed by atoms with van der Waals surface area (Å²) in [6.45, 7) is 2.00. The van der Waals surface area contributed by atoms with Crippen LogP contribution < -0.4 is 19.8 Å². The lowest BCUT2D eigenvalue weighted by Crippen LogP contribution is -2.29. The van der Waals surface area contributed by atoms with E-state index in [2.05, 4.69) is 0 Å². The van der Waals surface area contributed by atoms with Gasteiger partial charge in [0, 0.05) is 0 Å². The summed E-state index contributed by atoms with van der Waals surface area (Å²) in [7, 11) is 3.05. The number of benzene rings is 3. The third-order valence-electron chi connectivity index (χ3n) is 6.60. The van der Waals surface area contributed by atoms with Gasteiger partial charge in [-0.05, 0) is 55.0 Å². The van der Waals surface area contributed by atoms with Crippen molar-refractivity contribution >= 4 is 49.5 Å². The Hall–Kier alpha value is -4.70. The number of aromatic nitrogens is 1. The average molecular weight is 543 g/mol. The second kappa shape index (κ2) is 9.55. The molecule has 5 aromatic rings. The normalized spacial score (nSPS) is 14.6. The Morgan fingerprint density at radius 1 is 1.03 bits per heavy atom. The zero-order valence-electron chi connectivity index (χ0n) is 21.2. The molecule has 1 amide bonds. The molecule has 0 saturated carbocycles. The van der Waals surface area contributed by atoms with Crippen LogP contribution in [0.3, 0.4) is 0 Å². The molecule has 0 bridgehead atoms. The molecule has 1 aliphatic rings. The highest BCUT2D eigenvalue weighted by Crippen LogP contribution is 2.45. The molecule has 0 radical (unpaired) electrons. The minimum Gasteiger partial charge on any atom is -0.493 e. The highest BCUT2D eigenvalue weighted by molar-refractivity contribution is 7.22. The first-order chi connectivity index (χ1) is 18.9. The summed E-state index contributed by atoms with van der Waals surface area (Å²) in [6.07, 6.45) is 0. The van der Waals surface area contributed by atoms with E-state index in [4.69, 9.17) is 23.6 Å². The van der Waals surface area contributed by atoms with Gasteiger partial charge in [0.15, 0.2) is 22.1 Å². The van der Waals surface area contributed by atoms with Gasteiger partial charge >= 0.3 is 5.97 Å². The van der Waals surface area contributed by atoms with Gasteiger partial charge < -0.3 is 18.6 Å². The van der Waals surface area contributed by atoms with Crippen LogP contribution in [0.25, 0.3) is 21.2 Å². The fraction of sp³-hybridized carbons (Fsp3) is 0.172. The number of para-hydroxylation sites is 1. The minimum atomic E-state index is -0.835. The number of hydrogen-bond donors (Lipinski definition) is 0. The molecule has 2 aromatic heterocycles. The maximum Gasteiger partial charge on any atom is 0.338 e. The Morgan fingerprint density at radius 3 is 2.59 bits per heavy atom. The Bertz CT molecular complexity index is 1840. The van der Waals surface area contributed by atoms with Gasteiger partial charge in [-0.15, -0.1) is 0 Å². The van der Waals surface area contributed by atoms with Gasteiger partial charge in [-0.3, -0.25) is 14.5 Å². The third-order valence-corrected chi connectivity index (χ3v) is 7.61. The lowest BCUT2D eigenvalue weighted by atomic mass is 9.98. The van der Waals surface area contributed by atoms with Gasteiger partial charge in [-0.2, -0.15) is 0 Å². The number of amides is 1. The van der Waals surface area contributed by atoms with Crippen molar-refractivity contribution in [1.29, 1.82) is 0 Å². The second-order valence-electron chi connectivity index (χ2n) is 8.76. The molecule has 1 unspecified atom stereocenters. The number of carbonyl (C=O) groups is 2. The van der Waals surface area contributed by atoms with E-state index in [0.717, 1.165) is 0 Å². The monoisotopic (exact) mass is 542 g/mol. The van der Waals surface area contributed by atoms with Crippen molar-refractivity contribution in [2.24, 2.45) is 0 Å². The molecule has 1 atom stereocenters. The summed E-state index contributed by atoms with van der Waals surface area (Å²) < 4.78 is 22.7. The molecule has 1 aliphatic heterocycles. The van der Waals surface area contributed by atoms with Crippen LogP contribution in [-0.2, 0) is 4.74 Å². The first kappa shape index (κ1) is 24.6. The van der Waals surface area contributed by atoms with E-state index in [-0.39, 0.29) is 23.4 Å². The van der Waals surface area contributed by atoms with Crippen LogP contribution in [0, 0.1) is 0 Å². The molecule has 39 heavy (non-hydrogen) atoms. The molecule has 3 heterocycles. The zero-order chi connectivity index (χ0) is 27.3. The molecule has 6 rings (SSSR count). The number of thiazole rings is 1. The van der Waals surface area contributed by atoms with E-state index in [0.29, 0.717) is 48.9 Å². The first-order valence-electron chi connectivity index (χ1n) is 12.1. The number of carbonyl (C=O) groups excluding carboxylic acids is 2. The van der Waals surface area contributed by atoms with Gasteiger partial charge in [-0.25, -0.2) is 9.78 Å². The minimum absolute atomic E-state index is 0.0371. The summed E-state index contributed by atoms with van der Waals surface area (Å²) in [5.41, 5.74) is 1.85. The van der Waals surface area contributed by atoms with Crippen LogP contribution in [0.5, 0.6) is 11.5 Å². The molecule has 0 aliphatic carbocycles. The molecule has 0 spiro atoms. The van der Waals surface area contributed by atoms with Crippen LogP contribution in [0.1, 0.15) is 45.0 Å². The largest absolute Gasteiger partial charge is 0.493 e. The predicted octanol–water partition coefficient (Wildman–Crippen LogP) is 5.35. The standard InChI is InChI=1S/C29H22N2O7S/c1-4-37-28(34)16-9-11-18-22(14-16)39-29(30-18)31-24(15-10-12-20(35-2)21(13-15)36-3)23-25(32)17-7-5-6-8-19(17)38-26(23)27(31)33/h5-14,24H,4H2,1-3H3. The van der Waals surface area contributed by atoms with Crippen LogP contribution in [0.2, 0.25) is 0 Å². The van der Waals surface area contributed by atoms with E-state index >= 15 is 0 Å². The first-order valence-corrected chi connectivity index (χ1v) is 13.0. The Labute approximate surface area is 226 Å². The molecule has 0 saturated heterocycles. The zero-order valence-corrected chi connectivity index (χ0v) is 22.0. The number of hydrogen-bond acceptors (Lipinski definition) is 9. The summed E-state index contributed by atoms with van der Waals surface area (Å²) in [4.78, 5) is 46.2. The van der Waals surface area contributed by atoms with E-state index in [1.807, 2.05) is 0 Å². The summed E-state index contributed by atoms with van der Waals surface area (Å²) in [5.74, 6) is -0.00950. The number of fused-ring (bicyclic) bond motifs is 3. The lowest BCUT2D eigenvalue weighted by molar-refractivity contribution is 0.0526. The number of esters is 1. The maximum atomic E-state index is 13.9. The second-order valence-corrected chi connectivity index (χ2v) is 9.77. The number of anilines is 1. The van der Waals surface area contributed by atoms with Crippen molar-refractivity contribution in [3.8, 4) is 11.5 Å². The SMILES string of the molecule is CCOC(=O)c1ccc2nc(N3C(=O)c4oc5ccccc5c(=O)c4C3c3ccc(OC)c(OC)c3)sc2c1. The Balaban J connectivity index is 1.57. The van der Waals surface area contributed by atoms with Gasteiger partial charge in [0.2, 0.25) is 5.76 Å². The molecular formula is C29H22N2O7S. The summed E-state index contributed by atoms with van der Waals surface area (Å²) in [6, 6.07) is 16.3. The van der Waals surface area contributed by atoms with Crippen molar-refractivity contribution in [1.82, 2.24) is 4.98 Å². The van der Waals surface area contributed by atoms with Gasteiger partial charge in [0.25, 0.3) is 5.91 Å². The quantitative estimate of drug-likeness (QED) is 0.264. The van der Waals surface area contributed by atoms with Gasteiger partial charge in [-0.1, -0.05) is 29.5 Å². The Kier molecular flexibility index (Phi) is 6.03. The van der Waals surface area contributed by atoms with Crippen molar-refractivity contribution in [3.63, 3.8) is 0 Å². The van der Waals surface area contributed by atoms with Crippen molar-refractivity contribution in [2.75, 3.05) is 25.7 Å². The van der Waals surface area contributed by atoms with Crippen LogP contribution in [-0.4, -0.2) is 37.7 Å².